The highest BCUT2D eigenvalue weighted by atomic mass is 16.1. The van der Waals surface area contributed by atoms with Gasteiger partial charge in [0.1, 0.15) is 5.82 Å². The molecule has 2 aromatic carbocycles. The Balaban J connectivity index is 1.26. The van der Waals surface area contributed by atoms with Gasteiger partial charge in [0.25, 0.3) is 5.91 Å². The Morgan fingerprint density at radius 3 is 2.55 bits per heavy atom. The molecule has 0 saturated heterocycles. The molecular formula is C33H34N8O. The number of aryl methyl sites for hydroxylation is 4. The minimum atomic E-state index is -0.0737. The van der Waals surface area contributed by atoms with Crippen LogP contribution in [-0.4, -0.2) is 47.1 Å². The number of carbonyl (C=O) groups excluding carboxylic acids is 1. The van der Waals surface area contributed by atoms with E-state index in [2.05, 4.69) is 59.4 Å². The van der Waals surface area contributed by atoms with Gasteiger partial charge >= 0.3 is 0 Å². The Labute approximate surface area is 244 Å². The smallest absolute Gasteiger partial charge is 0.251 e. The third kappa shape index (κ3) is 4.55. The van der Waals surface area contributed by atoms with Gasteiger partial charge in [0.05, 0.1) is 16.9 Å². The fourth-order valence-corrected chi connectivity index (χ4v) is 5.97. The number of carbonyl (C=O) groups is 1. The molecule has 9 heteroatoms. The number of benzene rings is 2. The van der Waals surface area contributed by atoms with Crippen molar-refractivity contribution in [2.24, 2.45) is 14.1 Å². The molecule has 1 amide bonds. The van der Waals surface area contributed by atoms with Gasteiger partial charge in [0, 0.05) is 79.2 Å². The second kappa shape index (κ2) is 10.2. The zero-order valence-electron chi connectivity index (χ0n) is 24.4. The van der Waals surface area contributed by atoms with Crippen LogP contribution in [0.4, 0.5) is 0 Å². The number of amides is 1. The van der Waals surface area contributed by atoms with Crippen LogP contribution in [-0.2, 0) is 33.5 Å². The molecule has 9 nitrogen and oxygen atoms in total. The van der Waals surface area contributed by atoms with E-state index in [1.54, 1.807) is 7.05 Å². The van der Waals surface area contributed by atoms with E-state index in [0.717, 1.165) is 69.7 Å². The molecule has 0 radical (unpaired) electrons. The molecular weight excluding hydrogens is 524 g/mol. The van der Waals surface area contributed by atoms with Crippen LogP contribution in [0.25, 0.3) is 44.6 Å². The summed E-state index contributed by atoms with van der Waals surface area (Å²) in [6, 6.07) is 16.3. The number of nitrogens with zero attached hydrogens (tertiary/aromatic N) is 7. The van der Waals surface area contributed by atoms with Crippen molar-refractivity contribution in [3.05, 3.63) is 83.4 Å². The van der Waals surface area contributed by atoms with Crippen LogP contribution >= 0.6 is 0 Å². The molecule has 1 fully saturated rings. The average molecular weight is 559 g/mol. The van der Waals surface area contributed by atoms with E-state index >= 15 is 0 Å². The van der Waals surface area contributed by atoms with Crippen LogP contribution in [0.3, 0.4) is 0 Å². The van der Waals surface area contributed by atoms with E-state index in [0.29, 0.717) is 11.5 Å². The van der Waals surface area contributed by atoms with Crippen molar-refractivity contribution in [1.29, 1.82) is 0 Å². The van der Waals surface area contributed by atoms with Crippen molar-refractivity contribution < 1.29 is 4.79 Å². The fraction of sp³-hybridized carbons (Fsp3) is 0.303. The monoisotopic (exact) mass is 558 g/mol. The zero-order valence-corrected chi connectivity index (χ0v) is 24.4. The van der Waals surface area contributed by atoms with Crippen molar-refractivity contribution in [3.63, 3.8) is 0 Å². The number of imidazole rings is 1. The molecule has 1 aliphatic carbocycles. The van der Waals surface area contributed by atoms with Crippen LogP contribution in [0.15, 0.2) is 60.9 Å². The van der Waals surface area contributed by atoms with E-state index in [-0.39, 0.29) is 5.91 Å². The number of fused-ring (bicyclic) bond motifs is 2. The predicted octanol–water partition coefficient (Wildman–Crippen LogP) is 5.43. The quantitative estimate of drug-likeness (QED) is 0.269. The van der Waals surface area contributed by atoms with Crippen molar-refractivity contribution >= 4 is 27.8 Å². The lowest BCUT2D eigenvalue weighted by Crippen LogP contribution is -2.17. The van der Waals surface area contributed by atoms with Crippen molar-refractivity contribution in [3.8, 4) is 22.6 Å². The van der Waals surface area contributed by atoms with E-state index in [9.17, 15) is 4.79 Å². The molecule has 1 aliphatic rings. The van der Waals surface area contributed by atoms with Gasteiger partial charge in [-0.05, 0) is 55.5 Å². The number of nitrogens with one attached hydrogen (secondary N) is 1. The summed E-state index contributed by atoms with van der Waals surface area (Å²) in [5.41, 5.74) is 9.09. The topological polar surface area (TPSA) is 95.5 Å². The molecule has 0 unspecified atom stereocenters. The Bertz CT molecular complexity index is 1960. The first-order chi connectivity index (χ1) is 20.4. The maximum Gasteiger partial charge on any atom is 0.251 e. The van der Waals surface area contributed by atoms with Gasteiger partial charge in [-0.3, -0.25) is 14.2 Å². The number of pyridine rings is 1. The number of hydrogen-bond acceptors (Lipinski definition) is 5. The highest BCUT2D eigenvalue weighted by Crippen LogP contribution is 2.47. The Morgan fingerprint density at radius 2 is 1.81 bits per heavy atom. The van der Waals surface area contributed by atoms with Gasteiger partial charge < -0.3 is 9.88 Å². The molecule has 7 rings (SSSR count). The lowest BCUT2D eigenvalue weighted by atomic mass is 10.0. The van der Waals surface area contributed by atoms with Gasteiger partial charge in [-0.2, -0.15) is 10.2 Å². The molecule has 4 heterocycles. The van der Waals surface area contributed by atoms with Crippen LogP contribution < -0.4 is 5.32 Å². The summed E-state index contributed by atoms with van der Waals surface area (Å²) in [5, 5.41) is 14.2. The first kappa shape index (κ1) is 26.1. The molecule has 0 atom stereocenters. The third-order valence-electron chi connectivity index (χ3n) is 8.29. The first-order valence-electron chi connectivity index (χ1n) is 14.6. The largest absolute Gasteiger partial charge is 0.355 e. The molecule has 42 heavy (non-hydrogen) atoms. The van der Waals surface area contributed by atoms with E-state index in [4.69, 9.17) is 15.1 Å². The van der Waals surface area contributed by atoms with E-state index in [1.807, 2.05) is 46.9 Å². The van der Waals surface area contributed by atoms with Crippen molar-refractivity contribution in [2.75, 3.05) is 7.05 Å². The standard InChI is InChI=1S/C33H34N8O/c1-5-27-25(17-23-18-39(3)38-31(23)35-27)32-36-29(30(40(32)4)21-13-14-21)24-7-6-8-28-26(24)19-41(37-28)16-15-20-9-11-22(12-10-20)33(42)34-2/h6-12,17-19,21H,5,13-16H2,1-4H3,(H,34,42). The summed E-state index contributed by atoms with van der Waals surface area (Å²) >= 11 is 0. The van der Waals surface area contributed by atoms with E-state index in [1.165, 1.54) is 24.1 Å². The van der Waals surface area contributed by atoms with Crippen LogP contribution in [0, 0.1) is 0 Å². The second-order valence-corrected chi connectivity index (χ2v) is 11.2. The number of aromatic nitrogens is 7. The summed E-state index contributed by atoms with van der Waals surface area (Å²) in [4.78, 5) is 22.1. The average Bonchev–Trinajstić information content (AvgIpc) is 3.49. The Kier molecular flexibility index (Phi) is 6.37. The molecule has 0 bridgehead atoms. The second-order valence-electron chi connectivity index (χ2n) is 11.2. The minimum Gasteiger partial charge on any atom is -0.355 e. The van der Waals surface area contributed by atoms with Crippen LogP contribution in [0.1, 0.15) is 53.0 Å². The molecule has 4 aromatic heterocycles. The molecule has 212 valence electrons. The maximum absolute atomic E-state index is 11.9. The number of hydrogen-bond donors (Lipinski definition) is 1. The maximum atomic E-state index is 11.9. The highest BCUT2D eigenvalue weighted by molar-refractivity contribution is 5.95. The Morgan fingerprint density at radius 1 is 1.00 bits per heavy atom. The van der Waals surface area contributed by atoms with Crippen molar-refractivity contribution in [2.45, 2.75) is 45.1 Å². The third-order valence-corrected chi connectivity index (χ3v) is 8.29. The zero-order chi connectivity index (χ0) is 29.0. The van der Waals surface area contributed by atoms with Gasteiger partial charge in [-0.1, -0.05) is 31.2 Å². The SMILES string of the molecule is CCc1nc2nn(C)cc2cc1-c1nc(-c2cccc3nn(CCc4ccc(C(=O)NC)cc4)cc23)c(C2CC2)n1C. The van der Waals surface area contributed by atoms with Gasteiger partial charge in [0.15, 0.2) is 5.65 Å². The Hall–Kier alpha value is -4.79. The molecule has 0 spiro atoms. The molecule has 0 aliphatic heterocycles. The molecule has 1 saturated carbocycles. The summed E-state index contributed by atoms with van der Waals surface area (Å²) in [7, 11) is 5.72. The summed E-state index contributed by atoms with van der Waals surface area (Å²) in [6.45, 7) is 2.88. The van der Waals surface area contributed by atoms with Crippen LogP contribution in [0.5, 0.6) is 0 Å². The molecule has 6 aromatic rings. The van der Waals surface area contributed by atoms with Gasteiger partial charge in [-0.25, -0.2) is 9.97 Å². The van der Waals surface area contributed by atoms with Gasteiger partial charge in [0.2, 0.25) is 0 Å². The summed E-state index contributed by atoms with van der Waals surface area (Å²) < 4.78 is 6.13. The highest BCUT2D eigenvalue weighted by Gasteiger charge is 2.33. The normalized spacial score (nSPS) is 13.3. The van der Waals surface area contributed by atoms with Crippen LogP contribution in [0.2, 0.25) is 0 Å². The lowest BCUT2D eigenvalue weighted by Gasteiger charge is -2.09. The lowest BCUT2D eigenvalue weighted by molar-refractivity contribution is 0.0963. The van der Waals surface area contributed by atoms with Gasteiger partial charge in [-0.15, -0.1) is 0 Å². The van der Waals surface area contributed by atoms with E-state index < -0.39 is 0 Å². The fourth-order valence-electron chi connectivity index (χ4n) is 5.97. The minimum absolute atomic E-state index is 0.0737. The predicted molar refractivity (Wildman–Crippen MR) is 164 cm³/mol. The number of rotatable bonds is 8. The molecule has 1 N–H and O–H groups in total. The summed E-state index contributed by atoms with van der Waals surface area (Å²) in [6.07, 6.45) is 8.15. The van der Waals surface area contributed by atoms with Crippen molar-refractivity contribution in [1.82, 2.24) is 39.4 Å². The summed E-state index contributed by atoms with van der Waals surface area (Å²) in [5.74, 6) is 1.39. The first-order valence-corrected chi connectivity index (χ1v) is 14.6.